The largest absolute Gasteiger partial charge is 0.476 e. The molecular formula is C22H24N2O3. The zero-order valence-corrected chi connectivity index (χ0v) is 15.8. The summed E-state index contributed by atoms with van der Waals surface area (Å²) in [5, 5.41) is 0. The molecule has 5 nitrogen and oxygen atoms in total. The van der Waals surface area contributed by atoms with Crippen LogP contribution in [-0.2, 0) is 22.6 Å². The molecule has 0 fully saturated rings. The molecule has 0 aromatic heterocycles. The molecule has 0 radical (unpaired) electrons. The average molecular weight is 364 g/mol. The molecule has 0 bridgehead atoms. The second kappa shape index (κ2) is 6.72. The molecule has 27 heavy (non-hydrogen) atoms. The zero-order valence-electron chi connectivity index (χ0n) is 15.8. The maximum absolute atomic E-state index is 12.8. The van der Waals surface area contributed by atoms with Crippen LogP contribution in [0.5, 0.6) is 5.75 Å². The number of para-hydroxylation sites is 2. The number of nitrogens with zero attached hydrogens (tertiary/aromatic N) is 2. The second-order valence-corrected chi connectivity index (χ2v) is 7.62. The van der Waals surface area contributed by atoms with Crippen molar-refractivity contribution in [2.24, 2.45) is 0 Å². The van der Waals surface area contributed by atoms with Crippen molar-refractivity contribution in [3.63, 3.8) is 0 Å². The van der Waals surface area contributed by atoms with Crippen molar-refractivity contribution in [1.29, 1.82) is 0 Å². The summed E-state index contributed by atoms with van der Waals surface area (Å²) < 4.78 is 5.84. The Kier molecular flexibility index (Phi) is 4.38. The Morgan fingerprint density at radius 1 is 1.07 bits per heavy atom. The number of hydrogen-bond donors (Lipinski definition) is 0. The first kappa shape index (κ1) is 17.6. The van der Waals surface area contributed by atoms with E-state index in [0.29, 0.717) is 25.3 Å². The van der Waals surface area contributed by atoms with Crippen LogP contribution in [0.1, 0.15) is 31.4 Å². The molecule has 0 saturated heterocycles. The topological polar surface area (TPSA) is 49.9 Å². The smallest absolute Gasteiger partial charge is 0.270 e. The minimum Gasteiger partial charge on any atom is -0.476 e. The average Bonchev–Trinajstić information content (AvgIpc) is 2.67. The molecule has 0 spiro atoms. The van der Waals surface area contributed by atoms with Gasteiger partial charge in [0.1, 0.15) is 5.75 Å². The number of anilines is 1. The standard InChI is InChI=1S/C22H24N2O3/c1-22(2)21(26)24(18-9-5-6-10-19(18)27-22)14-12-20(25)23-13-11-16-7-3-4-8-17(16)15-23/h3-10H,11-15H2,1-2H3. The van der Waals surface area contributed by atoms with Gasteiger partial charge in [-0.2, -0.15) is 0 Å². The second-order valence-electron chi connectivity index (χ2n) is 7.62. The van der Waals surface area contributed by atoms with E-state index in [1.165, 1.54) is 11.1 Å². The van der Waals surface area contributed by atoms with E-state index in [4.69, 9.17) is 4.74 Å². The van der Waals surface area contributed by atoms with Crippen molar-refractivity contribution in [2.75, 3.05) is 18.0 Å². The minimum absolute atomic E-state index is 0.0825. The number of hydrogen-bond acceptors (Lipinski definition) is 3. The molecule has 2 amide bonds. The fourth-order valence-corrected chi connectivity index (χ4v) is 3.82. The van der Waals surface area contributed by atoms with Gasteiger partial charge < -0.3 is 14.5 Å². The van der Waals surface area contributed by atoms with Gasteiger partial charge in [0.2, 0.25) is 5.91 Å². The lowest BCUT2D eigenvalue weighted by molar-refractivity contribution is -0.133. The van der Waals surface area contributed by atoms with Gasteiger partial charge in [0.05, 0.1) is 5.69 Å². The lowest BCUT2D eigenvalue weighted by atomic mass is 9.99. The monoisotopic (exact) mass is 364 g/mol. The molecule has 0 aliphatic carbocycles. The Morgan fingerprint density at radius 3 is 2.59 bits per heavy atom. The Hall–Kier alpha value is -2.82. The molecule has 0 atom stereocenters. The first-order chi connectivity index (χ1) is 13.0. The van der Waals surface area contributed by atoms with Crippen LogP contribution >= 0.6 is 0 Å². The number of benzene rings is 2. The highest BCUT2D eigenvalue weighted by Crippen LogP contribution is 2.37. The van der Waals surface area contributed by atoms with Gasteiger partial charge in [0, 0.05) is 26.1 Å². The van der Waals surface area contributed by atoms with Gasteiger partial charge in [0.15, 0.2) is 5.60 Å². The van der Waals surface area contributed by atoms with Crippen molar-refractivity contribution in [3.05, 3.63) is 59.7 Å². The Balaban J connectivity index is 1.47. The molecule has 140 valence electrons. The van der Waals surface area contributed by atoms with Crippen molar-refractivity contribution in [1.82, 2.24) is 4.90 Å². The van der Waals surface area contributed by atoms with E-state index < -0.39 is 5.60 Å². The predicted molar refractivity (Wildman–Crippen MR) is 104 cm³/mol. The van der Waals surface area contributed by atoms with Crippen LogP contribution in [0, 0.1) is 0 Å². The Morgan fingerprint density at radius 2 is 1.78 bits per heavy atom. The maximum atomic E-state index is 12.8. The zero-order chi connectivity index (χ0) is 19.0. The molecule has 5 heteroatoms. The SMILES string of the molecule is CC1(C)Oc2ccccc2N(CCC(=O)N2CCc3ccccc3C2)C1=O. The van der Waals surface area contributed by atoms with Crippen molar-refractivity contribution >= 4 is 17.5 Å². The van der Waals surface area contributed by atoms with E-state index in [1.807, 2.05) is 41.3 Å². The summed E-state index contributed by atoms with van der Waals surface area (Å²) in [6.45, 7) is 5.27. The van der Waals surface area contributed by atoms with E-state index in [0.717, 1.165) is 18.7 Å². The first-order valence-corrected chi connectivity index (χ1v) is 9.40. The molecule has 2 aliphatic rings. The van der Waals surface area contributed by atoms with Crippen LogP contribution in [0.2, 0.25) is 0 Å². The minimum atomic E-state index is -0.929. The number of carbonyl (C=O) groups excluding carboxylic acids is 2. The summed E-state index contributed by atoms with van der Waals surface area (Å²) in [5.74, 6) is 0.651. The van der Waals surface area contributed by atoms with Crippen LogP contribution in [0.25, 0.3) is 0 Å². The third kappa shape index (κ3) is 3.29. The van der Waals surface area contributed by atoms with Gasteiger partial charge in [-0.25, -0.2) is 0 Å². The molecular weight excluding hydrogens is 340 g/mol. The first-order valence-electron chi connectivity index (χ1n) is 9.40. The normalized spacial score (nSPS) is 17.8. The van der Waals surface area contributed by atoms with E-state index in [2.05, 4.69) is 12.1 Å². The molecule has 0 unspecified atom stereocenters. The fourth-order valence-electron chi connectivity index (χ4n) is 3.82. The van der Waals surface area contributed by atoms with Gasteiger partial charge >= 0.3 is 0 Å². The van der Waals surface area contributed by atoms with Crippen LogP contribution in [0.4, 0.5) is 5.69 Å². The summed E-state index contributed by atoms with van der Waals surface area (Å²) in [5.41, 5.74) is 2.34. The number of fused-ring (bicyclic) bond motifs is 2. The third-order valence-corrected chi connectivity index (χ3v) is 5.31. The van der Waals surface area contributed by atoms with Crippen LogP contribution < -0.4 is 9.64 Å². The quantitative estimate of drug-likeness (QED) is 0.841. The highest BCUT2D eigenvalue weighted by Gasteiger charge is 2.40. The Bertz CT molecular complexity index is 891. The highest BCUT2D eigenvalue weighted by molar-refractivity contribution is 6.02. The van der Waals surface area contributed by atoms with Gasteiger partial charge in [-0.15, -0.1) is 0 Å². The summed E-state index contributed by atoms with van der Waals surface area (Å²) in [7, 11) is 0. The Labute approximate surface area is 159 Å². The summed E-state index contributed by atoms with van der Waals surface area (Å²) in [6.07, 6.45) is 1.19. The number of ether oxygens (including phenoxy) is 1. The van der Waals surface area contributed by atoms with Gasteiger partial charge in [-0.1, -0.05) is 36.4 Å². The van der Waals surface area contributed by atoms with Crippen molar-refractivity contribution < 1.29 is 14.3 Å². The maximum Gasteiger partial charge on any atom is 0.270 e. The van der Waals surface area contributed by atoms with E-state index in [1.54, 1.807) is 18.7 Å². The fraction of sp³-hybridized carbons (Fsp3) is 0.364. The van der Waals surface area contributed by atoms with Crippen LogP contribution in [-0.4, -0.2) is 35.4 Å². The van der Waals surface area contributed by atoms with Crippen LogP contribution in [0.3, 0.4) is 0 Å². The molecule has 0 N–H and O–H groups in total. The number of carbonyl (C=O) groups is 2. The van der Waals surface area contributed by atoms with E-state index in [9.17, 15) is 9.59 Å². The molecule has 2 aliphatic heterocycles. The number of amides is 2. The third-order valence-electron chi connectivity index (χ3n) is 5.31. The lowest BCUT2D eigenvalue weighted by Crippen LogP contribution is -2.53. The van der Waals surface area contributed by atoms with Gasteiger partial charge in [-0.05, 0) is 43.5 Å². The molecule has 2 aromatic rings. The summed E-state index contributed by atoms with van der Waals surface area (Å²) in [4.78, 5) is 29.2. The van der Waals surface area contributed by atoms with Crippen molar-refractivity contribution in [3.8, 4) is 5.75 Å². The summed E-state index contributed by atoms with van der Waals surface area (Å²) in [6, 6.07) is 15.8. The predicted octanol–water partition coefficient (Wildman–Crippen LogP) is 3.17. The highest BCUT2D eigenvalue weighted by atomic mass is 16.5. The van der Waals surface area contributed by atoms with Gasteiger partial charge in [0.25, 0.3) is 5.91 Å². The molecule has 4 rings (SSSR count). The van der Waals surface area contributed by atoms with E-state index >= 15 is 0 Å². The molecule has 0 saturated carbocycles. The summed E-state index contributed by atoms with van der Waals surface area (Å²) >= 11 is 0. The van der Waals surface area contributed by atoms with Crippen molar-refractivity contribution in [2.45, 2.75) is 38.8 Å². The van der Waals surface area contributed by atoms with E-state index in [-0.39, 0.29) is 11.8 Å². The van der Waals surface area contributed by atoms with Crippen LogP contribution in [0.15, 0.2) is 48.5 Å². The molecule has 2 aromatic carbocycles. The van der Waals surface area contributed by atoms with Gasteiger partial charge in [-0.3, -0.25) is 9.59 Å². The molecule has 2 heterocycles. The lowest BCUT2D eigenvalue weighted by Gasteiger charge is -2.39. The number of rotatable bonds is 3.